The summed E-state index contributed by atoms with van der Waals surface area (Å²) in [5.74, 6) is 4.74. The van der Waals surface area contributed by atoms with Crippen LogP contribution in [0.25, 0.3) is 0 Å². The Kier molecular flexibility index (Phi) is 6.38. The molecule has 1 aliphatic carbocycles. The van der Waals surface area contributed by atoms with Gasteiger partial charge in [0.1, 0.15) is 23.1 Å². The van der Waals surface area contributed by atoms with Crippen molar-refractivity contribution in [2.24, 2.45) is 11.7 Å². The fourth-order valence-corrected chi connectivity index (χ4v) is 3.78. The highest BCUT2D eigenvalue weighted by Crippen LogP contribution is 2.30. The Morgan fingerprint density at radius 2 is 1.82 bits per heavy atom. The molecule has 1 aliphatic rings. The van der Waals surface area contributed by atoms with Gasteiger partial charge < -0.3 is 16.2 Å². The second kappa shape index (κ2) is 9.39. The highest BCUT2D eigenvalue weighted by Gasteiger charge is 2.24. The number of hydrogen-bond acceptors (Lipinski definition) is 4. The number of aryl methyl sites for hydroxylation is 1. The number of nitrogens with two attached hydrogens (primary N) is 1. The molecule has 1 unspecified atom stereocenters. The molecule has 0 bridgehead atoms. The van der Waals surface area contributed by atoms with E-state index in [0.717, 1.165) is 25.0 Å². The predicted octanol–water partition coefficient (Wildman–Crippen LogP) is 3.98. The average Bonchev–Trinajstić information content (AvgIpc) is 2.76. The quantitative estimate of drug-likeness (QED) is 0.528. The molecular weight excluding hydrogens is 424 g/mol. The van der Waals surface area contributed by atoms with Gasteiger partial charge in [0.15, 0.2) is 0 Å². The molecule has 0 radical (unpaired) electrons. The van der Waals surface area contributed by atoms with Crippen molar-refractivity contribution in [1.82, 2.24) is 10.3 Å². The van der Waals surface area contributed by atoms with Gasteiger partial charge in [0, 0.05) is 28.8 Å². The van der Waals surface area contributed by atoms with Crippen molar-refractivity contribution in [2.45, 2.75) is 31.8 Å². The number of nitrogens with one attached hydrogen (secondary N) is 1. The van der Waals surface area contributed by atoms with E-state index in [4.69, 9.17) is 5.73 Å². The number of carbonyl (C=O) groups is 1. The van der Waals surface area contributed by atoms with Crippen molar-refractivity contribution in [2.75, 3.05) is 0 Å². The molecule has 2 aromatic carbocycles. The van der Waals surface area contributed by atoms with Gasteiger partial charge in [0.25, 0.3) is 5.91 Å². The molecule has 1 amide bonds. The van der Waals surface area contributed by atoms with Crippen LogP contribution in [0.15, 0.2) is 54.6 Å². The van der Waals surface area contributed by atoms with Crippen molar-refractivity contribution in [1.29, 1.82) is 0 Å². The summed E-state index contributed by atoms with van der Waals surface area (Å²) in [4.78, 5) is 17.4. The monoisotopic (exact) mass is 447 g/mol. The Morgan fingerprint density at radius 1 is 1.12 bits per heavy atom. The summed E-state index contributed by atoms with van der Waals surface area (Å²) < 4.78 is 27.4. The second-order valence-corrected chi connectivity index (χ2v) is 8.24. The highest BCUT2D eigenvalue weighted by molar-refractivity contribution is 5.93. The zero-order valence-corrected chi connectivity index (χ0v) is 18.0. The molecule has 7 heteroatoms. The average molecular weight is 447 g/mol. The van der Waals surface area contributed by atoms with E-state index in [1.165, 1.54) is 30.3 Å². The lowest BCUT2D eigenvalue weighted by molar-refractivity contribution is 0.0937. The third-order valence-electron chi connectivity index (χ3n) is 5.56. The van der Waals surface area contributed by atoms with Crippen molar-refractivity contribution in [3.63, 3.8) is 0 Å². The van der Waals surface area contributed by atoms with E-state index in [2.05, 4.69) is 22.1 Å². The number of amides is 1. The Labute approximate surface area is 190 Å². The Balaban J connectivity index is 1.64. The minimum Gasteiger partial charge on any atom is -0.508 e. The van der Waals surface area contributed by atoms with Crippen molar-refractivity contribution in [3.05, 3.63) is 94.3 Å². The number of aromatic nitrogens is 1. The molecular formula is C26H23F2N3O2. The van der Waals surface area contributed by atoms with E-state index in [1.807, 2.05) is 0 Å². The first-order valence-electron chi connectivity index (χ1n) is 10.6. The highest BCUT2D eigenvalue weighted by atomic mass is 19.1. The molecule has 1 saturated carbocycles. The van der Waals surface area contributed by atoms with Gasteiger partial charge in [-0.1, -0.05) is 24.0 Å². The standard InChI is InChI=1S/C26H23F2N3O2/c1-15-10-16(2-3-17-11-21(29)12-17)13-23(30-15)26(33)31-25(18-4-6-19(27)7-5-18)22-14-20(28)8-9-24(22)32/h4-10,13-14,17,21,25,32H,11-12,29H2,1H3,(H,31,33). The minimum absolute atomic E-state index is 0.132. The third-order valence-corrected chi connectivity index (χ3v) is 5.56. The molecule has 5 nitrogen and oxygen atoms in total. The molecule has 4 N–H and O–H groups in total. The van der Waals surface area contributed by atoms with Crippen LogP contribution in [0.5, 0.6) is 5.75 Å². The van der Waals surface area contributed by atoms with Crippen molar-refractivity contribution in [3.8, 4) is 17.6 Å². The Bertz CT molecular complexity index is 1240. The number of phenolic OH excluding ortho intramolecular Hbond substituents is 1. The summed E-state index contributed by atoms with van der Waals surface area (Å²) in [5.41, 5.74) is 7.82. The molecule has 1 heterocycles. The summed E-state index contributed by atoms with van der Waals surface area (Å²) in [5, 5.41) is 13.1. The zero-order chi connectivity index (χ0) is 23.5. The molecule has 4 rings (SSSR count). The summed E-state index contributed by atoms with van der Waals surface area (Å²) in [7, 11) is 0. The number of carbonyl (C=O) groups excluding carboxylic acids is 1. The van der Waals surface area contributed by atoms with Gasteiger partial charge in [-0.15, -0.1) is 0 Å². The largest absolute Gasteiger partial charge is 0.508 e. The van der Waals surface area contributed by atoms with E-state index in [9.17, 15) is 18.7 Å². The first-order chi connectivity index (χ1) is 15.8. The van der Waals surface area contributed by atoms with E-state index in [-0.39, 0.29) is 29.0 Å². The fraction of sp³-hybridized carbons (Fsp3) is 0.231. The molecule has 0 saturated heterocycles. The number of halogens is 2. The maximum absolute atomic E-state index is 13.9. The maximum atomic E-state index is 13.9. The Morgan fingerprint density at radius 3 is 2.52 bits per heavy atom. The van der Waals surface area contributed by atoms with Crippen LogP contribution in [0.2, 0.25) is 0 Å². The van der Waals surface area contributed by atoms with Crippen molar-refractivity contribution >= 4 is 5.91 Å². The summed E-state index contributed by atoms with van der Waals surface area (Å²) in [6.07, 6.45) is 1.72. The lowest BCUT2D eigenvalue weighted by Gasteiger charge is -2.27. The van der Waals surface area contributed by atoms with Gasteiger partial charge in [-0.25, -0.2) is 13.8 Å². The number of nitrogens with zero attached hydrogens (tertiary/aromatic N) is 1. The van der Waals surface area contributed by atoms with Crippen molar-refractivity contribution < 1.29 is 18.7 Å². The van der Waals surface area contributed by atoms with E-state index in [1.54, 1.807) is 19.1 Å². The molecule has 33 heavy (non-hydrogen) atoms. The number of aromatic hydroxyl groups is 1. The number of benzene rings is 2. The first kappa shape index (κ1) is 22.4. The number of phenols is 1. The smallest absolute Gasteiger partial charge is 0.270 e. The maximum Gasteiger partial charge on any atom is 0.270 e. The molecule has 0 spiro atoms. The van der Waals surface area contributed by atoms with Crippen LogP contribution in [0, 0.1) is 36.3 Å². The van der Waals surface area contributed by atoms with Crippen LogP contribution < -0.4 is 11.1 Å². The van der Waals surface area contributed by atoms with Crippen LogP contribution >= 0.6 is 0 Å². The lowest BCUT2D eigenvalue weighted by atomic mass is 9.81. The number of pyridine rings is 1. The predicted molar refractivity (Wildman–Crippen MR) is 120 cm³/mol. The lowest BCUT2D eigenvalue weighted by Crippen LogP contribution is -2.35. The Hall–Kier alpha value is -3.76. The number of rotatable bonds is 4. The normalized spacial score (nSPS) is 17.9. The van der Waals surface area contributed by atoms with Gasteiger partial charge in [0.05, 0.1) is 6.04 Å². The molecule has 1 fully saturated rings. The molecule has 3 aromatic rings. The molecule has 0 aliphatic heterocycles. The van der Waals surface area contributed by atoms with Gasteiger partial charge in [-0.3, -0.25) is 4.79 Å². The van der Waals surface area contributed by atoms with Gasteiger partial charge in [-0.2, -0.15) is 0 Å². The SMILES string of the molecule is Cc1cc(C#CC2CC(N)C2)cc(C(=O)NC(c2ccc(F)cc2)c2cc(F)ccc2O)n1. The van der Waals surface area contributed by atoms with Gasteiger partial charge in [0.2, 0.25) is 0 Å². The zero-order valence-electron chi connectivity index (χ0n) is 18.0. The van der Waals surface area contributed by atoms with Gasteiger partial charge in [-0.05, 0) is 67.8 Å². The van der Waals surface area contributed by atoms with Crippen LogP contribution in [-0.4, -0.2) is 22.0 Å². The van der Waals surface area contributed by atoms with Crippen LogP contribution in [0.3, 0.4) is 0 Å². The second-order valence-electron chi connectivity index (χ2n) is 8.24. The fourth-order valence-electron chi connectivity index (χ4n) is 3.78. The molecule has 1 atom stereocenters. The van der Waals surface area contributed by atoms with E-state index < -0.39 is 23.6 Å². The van der Waals surface area contributed by atoms with E-state index >= 15 is 0 Å². The van der Waals surface area contributed by atoms with Crippen LogP contribution in [-0.2, 0) is 0 Å². The van der Waals surface area contributed by atoms with Crippen LogP contribution in [0.1, 0.15) is 51.8 Å². The minimum atomic E-state index is -0.929. The van der Waals surface area contributed by atoms with Crippen LogP contribution in [0.4, 0.5) is 8.78 Å². The number of hydrogen-bond donors (Lipinski definition) is 3. The molecule has 1 aromatic heterocycles. The van der Waals surface area contributed by atoms with Gasteiger partial charge >= 0.3 is 0 Å². The summed E-state index contributed by atoms with van der Waals surface area (Å²) in [6.45, 7) is 1.76. The summed E-state index contributed by atoms with van der Waals surface area (Å²) >= 11 is 0. The third kappa shape index (κ3) is 5.36. The summed E-state index contributed by atoms with van der Waals surface area (Å²) in [6, 6.07) is 11.5. The first-order valence-corrected chi connectivity index (χ1v) is 10.6. The van der Waals surface area contributed by atoms with E-state index in [0.29, 0.717) is 16.8 Å². The molecule has 168 valence electrons. The topological polar surface area (TPSA) is 88.2 Å².